The fraction of sp³-hybridized carbons (Fsp3) is 0.286. The molecule has 0 radical (unpaired) electrons. The maximum Gasteiger partial charge on any atom is 0.333 e. The second kappa shape index (κ2) is 10.5. The van der Waals surface area contributed by atoms with Crippen LogP contribution in [0.4, 0.5) is 0 Å². The average Bonchev–Trinajstić information content (AvgIpc) is 2.70. The molecule has 0 saturated carbocycles. The average molecular weight is 401 g/mol. The zero-order chi connectivity index (χ0) is 20.5. The van der Waals surface area contributed by atoms with Crippen molar-refractivity contribution in [2.45, 2.75) is 19.4 Å². The van der Waals surface area contributed by atoms with Crippen LogP contribution in [0.5, 0.6) is 5.75 Å². The number of amides is 1. The Morgan fingerprint density at radius 3 is 2.29 bits per heavy atom. The van der Waals surface area contributed by atoms with Gasteiger partial charge in [-0.2, -0.15) is 0 Å². The molecule has 148 valence electrons. The summed E-state index contributed by atoms with van der Waals surface area (Å²) >= 11 is 1.08. The van der Waals surface area contributed by atoms with Crippen LogP contribution >= 0.6 is 11.8 Å². The number of nitrogens with one attached hydrogen (secondary N) is 1. The van der Waals surface area contributed by atoms with Crippen molar-refractivity contribution in [3.8, 4) is 5.75 Å². The van der Waals surface area contributed by atoms with Crippen molar-refractivity contribution in [2.24, 2.45) is 5.92 Å². The number of ether oxygens (including phenoxy) is 1. The standard InChI is InChI=1S/C21H23NO5S/c1-14(23)28-13-17(12-15-6-4-3-5-7-15)20(25)22-19(21(26)27-2)16-8-10-18(24)11-9-16/h3-11,17,19,24H,12-13H2,1-2H3,(H,22,25)/t17?,19-/m1/s1. The molecule has 2 aromatic rings. The predicted molar refractivity (Wildman–Crippen MR) is 108 cm³/mol. The van der Waals surface area contributed by atoms with Crippen LogP contribution in [0.1, 0.15) is 24.1 Å². The molecule has 0 aliphatic carbocycles. The van der Waals surface area contributed by atoms with E-state index in [1.165, 1.54) is 26.2 Å². The van der Waals surface area contributed by atoms with Gasteiger partial charge in [-0.25, -0.2) is 4.79 Å². The van der Waals surface area contributed by atoms with Crippen molar-refractivity contribution < 1.29 is 24.2 Å². The van der Waals surface area contributed by atoms with Crippen LogP contribution in [0.15, 0.2) is 54.6 Å². The summed E-state index contributed by atoms with van der Waals surface area (Å²) in [5, 5.41) is 12.1. The summed E-state index contributed by atoms with van der Waals surface area (Å²) < 4.78 is 4.82. The maximum atomic E-state index is 12.9. The Labute approximate surface area is 168 Å². The normalized spacial score (nSPS) is 12.6. The van der Waals surface area contributed by atoms with Gasteiger partial charge in [0, 0.05) is 12.7 Å². The molecular formula is C21H23NO5S. The van der Waals surface area contributed by atoms with Crippen LogP contribution in [-0.2, 0) is 25.5 Å². The van der Waals surface area contributed by atoms with Gasteiger partial charge in [-0.1, -0.05) is 54.2 Å². The highest BCUT2D eigenvalue weighted by Gasteiger charge is 2.28. The summed E-state index contributed by atoms with van der Waals surface area (Å²) in [6.45, 7) is 1.45. The van der Waals surface area contributed by atoms with Crippen LogP contribution in [0.3, 0.4) is 0 Å². The zero-order valence-corrected chi connectivity index (χ0v) is 16.6. The van der Waals surface area contributed by atoms with Crippen molar-refractivity contribution in [1.29, 1.82) is 0 Å². The molecule has 7 heteroatoms. The number of benzene rings is 2. The molecule has 1 unspecified atom stereocenters. The number of carbonyl (C=O) groups excluding carboxylic acids is 3. The third-order valence-corrected chi connectivity index (χ3v) is 5.11. The molecule has 0 bridgehead atoms. The molecule has 2 N–H and O–H groups in total. The SMILES string of the molecule is COC(=O)[C@H](NC(=O)C(CSC(C)=O)Cc1ccccc1)c1ccc(O)cc1. The van der Waals surface area contributed by atoms with Crippen LogP contribution in [0.25, 0.3) is 0 Å². The summed E-state index contributed by atoms with van der Waals surface area (Å²) in [7, 11) is 1.24. The van der Waals surface area contributed by atoms with Gasteiger partial charge in [0.05, 0.1) is 13.0 Å². The Bertz CT molecular complexity index is 807. The molecule has 28 heavy (non-hydrogen) atoms. The summed E-state index contributed by atoms with van der Waals surface area (Å²) in [6.07, 6.45) is 0.441. The van der Waals surface area contributed by atoms with E-state index in [9.17, 15) is 19.5 Å². The van der Waals surface area contributed by atoms with Gasteiger partial charge in [-0.15, -0.1) is 0 Å². The molecule has 6 nitrogen and oxygen atoms in total. The van der Waals surface area contributed by atoms with Crippen molar-refractivity contribution in [3.05, 3.63) is 65.7 Å². The highest BCUT2D eigenvalue weighted by molar-refractivity contribution is 8.13. The molecule has 0 fully saturated rings. The van der Waals surface area contributed by atoms with Crippen LogP contribution in [0, 0.1) is 5.92 Å². The minimum atomic E-state index is -1.00. The van der Waals surface area contributed by atoms with Gasteiger partial charge in [0.2, 0.25) is 5.91 Å². The summed E-state index contributed by atoms with van der Waals surface area (Å²) in [5.74, 6) is -1.10. The largest absolute Gasteiger partial charge is 0.508 e. The molecular weight excluding hydrogens is 378 g/mol. The Hall–Kier alpha value is -2.80. The van der Waals surface area contributed by atoms with E-state index >= 15 is 0 Å². The van der Waals surface area contributed by atoms with Gasteiger partial charge in [-0.05, 0) is 29.7 Å². The lowest BCUT2D eigenvalue weighted by molar-refractivity contribution is -0.145. The van der Waals surface area contributed by atoms with Gasteiger partial charge in [0.1, 0.15) is 5.75 Å². The second-order valence-corrected chi connectivity index (χ2v) is 7.44. The Balaban J connectivity index is 2.20. The Morgan fingerprint density at radius 2 is 1.71 bits per heavy atom. The fourth-order valence-corrected chi connectivity index (χ4v) is 3.37. The number of phenols is 1. The molecule has 2 aromatic carbocycles. The third-order valence-electron chi connectivity index (χ3n) is 4.13. The van der Waals surface area contributed by atoms with Gasteiger partial charge >= 0.3 is 5.97 Å². The first kappa shape index (κ1) is 21.5. The van der Waals surface area contributed by atoms with Gasteiger partial charge < -0.3 is 15.2 Å². The van der Waals surface area contributed by atoms with Crippen molar-refractivity contribution >= 4 is 28.8 Å². The topological polar surface area (TPSA) is 92.7 Å². The third kappa shape index (κ3) is 6.42. The number of thioether (sulfide) groups is 1. The monoisotopic (exact) mass is 401 g/mol. The predicted octanol–water partition coefficient (Wildman–Crippen LogP) is 2.86. The lowest BCUT2D eigenvalue weighted by Crippen LogP contribution is -2.40. The Morgan fingerprint density at radius 1 is 1.07 bits per heavy atom. The lowest BCUT2D eigenvalue weighted by atomic mass is 9.99. The van der Waals surface area contributed by atoms with Crippen LogP contribution in [0.2, 0.25) is 0 Å². The van der Waals surface area contributed by atoms with Crippen LogP contribution in [-0.4, -0.2) is 35.0 Å². The van der Waals surface area contributed by atoms with Crippen molar-refractivity contribution in [1.82, 2.24) is 5.32 Å². The molecule has 0 aliphatic heterocycles. The fourth-order valence-electron chi connectivity index (χ4n) is 2.67. The minimum absolute atomic E-state index is 0.0542. The molecule has 0 aromatic heterocycles. The molecule has 2 atom stereocenters. The van der Waals surface area contributed by atoms with E-state index < -0.39 is 17.9 Å². The van der Waals surface area contributed by atoms with Gasteiger partial charge in [-0.3, -0.25) is 9.59 Å². The molecule has 0 saturated heterocycles. The van der Waals surface area contributed by atoms with Crippen LogP contribution < -0.4 is 5.32 Å². The molecule has 2 rings (SSSR count). The quantitative estimate of drug-likeness (QED) is 0.661. The minimum Gasteiger partial charge on any atom is -0.508 e. The number of aromatic hydroxyl groups is 1. The first-order valence-corrected chi connectivity index (χ1v) is 9.73. The second-order valence-electron chi connectivity index (χ2n) is 6.25. The summed E-state index contributed by atoms with van der Waals surface area (Å²) in [4.78, 5) is 36.5. The maximum absolute atomic E-state index is 12.9. The molecule has 1 amide bonds. The first-order valence-electron chi connectivity index (χ1n) is 8.75. The first-order chi connectivity index (χ1) is 13.4. The highest BCUT2D eigenvalue weighted by atomic mass is 32.2. The van der Waals surface area contributed by atoms with E-state index in [0.29, 0.717) is 17.7 Å². The molecule has 0 spiro atoms. The van der Waals surface area contributed by atoms with Crippen molar-refractivity contribution in [2.75, 3.05) is 12.9 Å². The summed E-state index contributed by atoms with van der Waals surface area (Å²) in [6, 6.07) is 14.5. The van der Waals surface area contributed by atoms with Gasteiger partial charge in [0.25, 0.3) is 0 Å². The smallest absolute Gasteiger partial charge is 0.333 e. The van der Waals surface area contributed by atoms with E-state index in [4.69, 9.17) is 4.74 Å². The number of hydrogen-bond acceptors (Lipinski definition) is 6. The number of phenolic OH excluding ortho intramolecular Hbond substituents is 1. The number of hydrogen-bond donors (Lipinski definition) is 2. The lowest BCUT2D eigenvalue weighted by Gasteiger charge is -2.21. The van der Waals surface area contributed by atoms with E-state index in [2.05, 4.69) is 5.32 Å². The molecule has 0 aliphatic rings. The van der Waals surface area contributed by atoms with E-state index in [-0.39, 0.29) is 16.8 Å². The highest BCUT2D eigenvalue weighted by Crippen LogP contribution is 2.21. The van der Waals surface area contributed by atoms with E-state index in [1.807, 2.05) is 30.3 Å². The summed E-state index contributed by atoms with van der Waals surface area (Å²) in [5.41, 5.74) is 1.46. The number of carbonyl (C=O) groups is 3. The van der Waals surface area contributed by atoms with E-state index in [1.54, 1.807) is 12.1 Å². The number of methoxy groups -OCH3 is 1. The number of rotatable bonds is 8. The van der Waals surface area contributed by atoms with E-state index in [0.717, 1.165) is 17.3 Å². The van der Waals surface area contributed by atoms with Gasteiger partial charge in [0.15, 0.2) is 11.2 Å². The zero-order valence-electron chi connectivity index (χ0n) is 15.8. The molecule has 0 heterocycles. The van der Waals surface area contributed by atoms with Crippen molar-refractivity contribution in [3.63, 3.8) is 0 Å². The Kier molecular flexibility index (Phi) is 8.07. The number of esters is 1.